The molecular formula is C31H29N3O4. The Morgan fingerprint density at radius 3 is 2.39 bits per heavy atom. The van der Waals surface area contributed by atoms with Gasteiger partial charge in [0.2, 0.25) is 5.91 Å². The molecule has 1 N–H and O–H groups in total. The number of carbonyl (C=O) groups excluding carboxylic acids is 2. The second kappa shape index (κ2) is 12.1. The van der Waals surface area contributed by atoms with Crippen molar-refractivity contribution >= 4 is 28.3 Å². The van der Waals surface area contributed by atoms with Gasteiger partial charge in [-0.3, -0.25) is 9.59 Å². The van der Waals surface area contributed by atoms with E-state index < -0.39 is 6.04 Å². The van der Waals surface area contributed by atoms with E-state index in [9.17, 15) is 9.59 Å². The molecule has 1 atom stereocenters. The number of carbonyl (C=O) groups is 2. The average molecular weight is 508 g/mol. The molecule has 7 nitrogen and oxygen atoms in total. The Hall–Kier alpha value is -4.65. The SMILES string of the molecule is O=C(NCc1cccc2ccccc12)[C@@H]1C/C(=N/OCc2ccccc2)CN1C(=O)COc1ccccc1. The highest BCUT2D eigenvalue weighted by molar-refractivity contribution is 6.01. The van der Waals surface area contributed by atoms with E-state index in [1.807, 2.05) is 91.0 Å². The summed E-state index contributed by atoms with van der Waals surface area (Å²) in [6.07, 6.45) is 0.299. The number of oxime groups is 1. The van der Waals surface area contributed by atoms with Gasteiger partial charge in [-0.05, 0) is 34.0 Å². The zero-order valence-electron chi connectivity index (χ0n) is 21.0. The molecule has 0 spiro atoms. The van der Waals surface area contributed by atoms with Crippen molar-refractivity contribution in [1.29, 1.82) is 0 Å². The molecule has 1 fully saturated rings. The number of likely N-dealkylation sites (tertiary alicyclic amines) is 1. The Balaban J connectivity index is 1.27. The summed E-state index contributed by atoms with van der Waals surface area (Å²) >= 11 is 0. The number of ether oxygens (including phenoxy) is 1. The van der Waals surface area contributed by atoms with E-state index in [1.165, 1.54) is 4.90 Å². The number of rotatable bonds is 9. The van der Waals surface area contributed by atoms with Crippen molar-refractivity contribution < 1.29 is 19.2 Å². The summed E-state index contributed by atoms with van der Waals surface area (Å²) in [5, 5.41) is 9.48. The minimum Gasteiger partial charge on any atom is -0.484 e. The minimum absolute atomic E-state index is 0.171. The Bertz CT molecular complexity index is 1420. The highest BCUT2D eigenvalue weighted by Gasteiger charge is 2.38. The van der Waals surface area contributed by atoms with Crippen LogP contribution >= 0.6 is 0 Å². The van der Waals surface area contributed by atoms with Crippen molar-refractivity contribution in [2.45, 2.75) is 25.6 Å². The summed E-state index contributed by atoms with van der Waals surface area (Å²) in [7, 11) is 0. The Morgan fingerprint density at radius 2 is 1.58 bits per heavy atom. The summed E-state index contributed by atoms with van der Waals surface area (Å²) < 4.78 is 5.67. The molecule has 192 valence electrons. The lowest BCUT2D eigenvalue weighted by Crippen LogP contribution is -2.47. The average Bonchev–Trinajstić information content (AvgIpc) is 3.40. The van der Waals surface area contributed by atoms with Crippen LogP contribution in [0.5, 0.6) is 5.75 Å². The predicted molar refractivity (Wildman–Crippen MR) is 147 cm³/mol. The molecule has 0 aliphatic carbocycles. The Labute approximate surface area is 221 Å². The number of nitrogens with zero attached hydrogens (tertiary/aromatic N) is 2. The Kier molecular flexibility index (Phi) is 7.94. The Morgan fingerprint density at radius 1 is 0.868 bits per heavy atom. The van der Waals surface area contributed by atoms with E-state index >= 15 is 0 Å². The van der Waals surface area contributed by atoms with Crippen LogP contribution in [0.15, 0.2) is 108 Å². The van der Waals surface area contributed by atoms with Gasteiger partial charge >= 0.3 is 0 Å². The maximum atomic E-state index is 13.3. The fourth-order valence-electron chi connectivity index (χ4n) is 4.53. The number of hydrogen-bond acceptors (Lipinski definition) is 5. The zero-order valence-corrected chi connectivity index (χ0v) is 21.0. The second-order valence-electron chi connectivity index (χ2n) is 9.12. The van der Waals surface area contributed by atoms with Crippen LogP contribution in [0.2, 0.25) is 0 Å². The summed E-state index contributed by atoms with van der Waals surface area (Å²) in [6, 6.07) is 32.2. The topological polar surface area (TPSA) is 80.2 Å². The first-order valence-corrected chi connectivity index (χ1v) is 12.6. The van der Waals surface area contributed by atoms with Crippen molar-refractivity contribution in [1.82, 2.24) is 10.2 Å². The van der Waals surface area contributed by atoms with Gasteiger partial charge in [0, 0.05) is 13.0 Å². The molecule has 2 amide bonds. The lowest BCUT2D eigenvalue weighted by molar-refractivity contribution is -0.139. The van der Waals surface area contributed by atoms with Crippen LogP contribution in [0.1, 0.15) is 17.5 Å². The van der Waals surface area contributed by atoms with Crippen LogP contribution in [0.25, 0.3) is 10.8 Å². The molecule has 38 heavy (non-hydrogen) atoms. The van der Waals surface area contributed by atoms with Gasteiger partial charge in [0.25, 0.3) is 5.91 Å². The van der Waals surface area contributed by atoms with Gasteiger partial charge in [-0.25, -0.2) is 0 Å². The van der Waals surface area contributed by atoms with E-state index in [4.69, 9.17) is 9.57 Å². The maximum Gasteiger partial charge on any atom is 0.261 e. The molecule has 4 aromatic carbocycles. The highest BCUT2D eigenvalue weighted by Crippen LogP contribution is 2.21. The van der Waals surface area contributed by atoms with E-state index in [1.54, 1.807) is 12.1 Å². The van der Waals surface area contributed by atoms with Gasteiger partial charge in [-0.2, -0.15) is 0 Å². The molecule has 7 heteroatoms. The van der Waals surface area contributed by atoms with Crippen molar-refractivity contribution in [3.8, 4) is 5.75 Å². The third-order valence-corrected chi connectivity index (χ3v) is 6.49. The molecule has 0 aromatic heterocycles. The smallest absolute Gasteiger partial charge is 0.261 e. The first-order valence-electron chi connectivity index (χ1n) is 12.6. The van der Waals surface area contributed by atoms with E-state index in [-0.39, 0.29) is 25.0 Å². The predicted octanol–water partition coefficient (Wildman–Crippen LogP) is 4.71. The lowest BCUT2D eigenvalue weighted by atomic mass is 10.0. The second-order valence-corrected chi connectivity index (χ2v) is 9.12. The molecule has 4 aromatic rings. The summed E-state index contributed by atoms with van der Waals surface area (Å²) in [4.78, 5) is 33.6. The molecule has 0 bridgehead atoms. The van der Waals surface area contributed by atoms with Crippen molar-refractivity contribution in [2.75, 3.05) is 13.2 Å². The summed E-state index contributed by atoms with van der Waals surface area (Å²) in [6.45, 7) is 0.705. The third kappa shape index (κ3) is 6.18. The molecule has 0 unspecified atom stereocenters. The normalized spacial score (nSPS) is 15.9. The van der Waals surface area contributed by atoms with E-state index in [0.29, 0.717) is 31.0 Å². The van der Waals surface area contributed by atoms with Crippen LogP contribution in [0.3, 0.4) is 0 Å². The lowest BCUT2D eigenvalue weighted by Gasteiger charge is -2.23. The first kappa shape index (κ1) is 25.0. The molecular weight excluding hydrogens is 478 g/mol. The molecule has 1 heterocycles. The van der Waals surface area contributed by atoms with Gasteiger partial charge in [-0.1, -0.05) is 96.2 Å². The molecule has 0 radical (unpaired) electrons. The number of para-hydroxylation sites is 1. The first-order chi connectivity index (χ1) is 18.7. The van der Waals surface area contributed by atoms with Gasteiger partial charge in [0.15, 0.2) is 6.61 Å². The molecule has 1 saturated heterocycles. The fourth-order valence-corrected chi connectivity index (χ4v) is 4.53. The highest BCUT2D eigenvalue weighted by atomic mass is 16.6. The van der Waals surface area contributed by atoms with Crippen molar-refractivity contribution in [3.63, 3.8) is 0 Å². The van der Waals surface area contributed by atoms with Crippen molar-refractivity contribution in [2.24, 2.45) is 5.16 Å². The largest absolute Gasteiger partial charge is 0.484 e. The molecule has 1 aliphatic heterocycles. The van der Waals surface area contributed by atoms with Crippen LogP contribution < -0.4 is 10.1 Å². The summed E-state index contributed by atoms with van der Waals surface area (Å²) in [5.74, 6) is 0.0729. The van der Waals surface area contributed by atoms with Crippen LogP contribution in [0, 0.1) is 0 Å². The quantitative estimate of drug-likeness (QED) is 0.333. The fraction of sp³-hybridized carbons (Fsp3) is 0.194. The number of amides is 2. The maximum absolute atomic E-state index is 13.3. The third-order valence-electron chi connectivity index (χ3n) is 6.49. The van der Waals surface area contributed by atoms with E-state index in [0.717, 1.165) is 21.9 Å². The minimum atomic E-state index is -0.698. The van der Waals surface area contributed by atoms with Crippen molar-refractivity contribution in [3.05, 3.63) is 114 Å². The van der Waals surface area contributed by atoms with Gasteiger partial charge < -0.3 is 19.8 Å². The summed E-state index contributed by atoms with van der Waals surface area (Å²) in [5.41, 5.74) is 2.64. The number of nitrogens with one attached hydrogen (secondary N) is 1. The standard InChI is InChI=1S/C31H29N3O4/c35-30(22-37-27-15-5-2-6-16-27)34-20-26(33-38-21-23-10-3-1-4-11-23)18-29(34)31(36)32-19-25-14-9-13-24-12-7-8-17-28(24)25/h1-17,29H,18-22H2,(H,32,36)/b33-26-/t29-/m0/s1. The molecule has 1 aliphatic rings. The van der Waals surface area contributed by atoms with Gasteiger partial charge in [-0.15, -0.1) is 0 Å². The molecule has 5 rings (SSSR count). The number of hydrogen-bond donors (Lipinski definition) is 1. The molecule has 0 saturated carbocycles. The zero-order chi connectivity index (χ0) is 26.2. The van der Waals surface area contributed by atoms with Crippen LogP contribution in [0.4, 0.5) is 0 Å². The van der Waals surface area contributed by atoms with Crippen LogP contribution in [-0.2, 0) is 27.6 Å². The number of fused-ring (bicyclic) bond motifs is 1. The van der Waals surface area contributed by atoms with E-state index in [2.05, 4.69) is 10.5 Å². The monoisotopic (exact) mass is 507 g/mol. The van der Waals surface area contributed by atoms with Gasteiger partial charge in [0.05, 0.1) is 12.3 Å². The van der Waals surface area contributed by atoms with Crippen LogP contribution in [-0.4, -0.2) is 41.6 Å². The van der Waals surface area contributed by atoms with Gasteiger partial charge in [0.1, 0.15) is 18.4 Å². The number of benzene rings is 4.